The summed E-state index contributed by atoms with van der Waals surface area (Å²) in [5, 5.41) is 4.20. The molecule has 1 aromatic heterocycles. The van der Waals surface area contributed by atoms with Crippen LogP contribution >= 0.6 is 0 Å². The molecule has 1 unspecified atom stereocenters. The van der Waals surface area contributed by atoms with Gasteiger partial charge in [-0.25, -0.2) is 0 Å². The minimum absolute atomic E-state index is 0.0837. The van der Waals surface area contributed by atoms with E-state index < -0.39 is 17.3 Å². The van der Waals surface area contributed by atoms with Crippen molar-refractivity contribution in [1.29, 1.82) is 0 Å². The van der Waals surface area contributed by atoms with Crippen LogP contribution in [0.3, 0.4) is 0 Å². The van der Waals surface area contributed by atoms with Crippen LogP contribution in [0.15, 0.2) is 35.1 Å². The first-order valence-electron chi connectivity index (χ1n) is 6.92. The third kappa shape index (κ3) is 2.64. The Morgan fingerprint density at radius 2 is 2.05 bits per heavy atom. The summed E-state index contributed by atoms with van der Waals surface area (Å²) in [4.78, 5) is 12.1. The second-order valence-corrected chi connectivity index (χ2v) is 5.35. The highest BCUT2D eigenvalue weighted by atomic mass is 19.4. The molecule has 0 fully saturated rings. The van der Waals surface area contributed by atoms with E-state index in [2.05, 4.69) is 5.10 Å². The van der Waals surface area contributed by atoms with Crippen molar-refractivity contribution in [3.05, 3.63) is 57.5 Å². The lowest BCUT2D eigenvalue weighted by Crippen LogP contribution is -2.29. The van der Waals surface area contributed by atoms with E-state index in [0.29, 0.717) is 12.1 Å². The van der Waals surface area contributed by atoms with E-state index in [0.717, 1.165) is 35.2 Å². The molecule has 4 nitrogen and oxygen atoms in total. The van der Waals surface area contributed by atoms with Crippen molar-refractivity contribution in [2.24, 2.45) is 5.73 Å². The highest BCUT2D eigenvalue weighted by Crippen LogP contribution is 2.30. The third-order valence-electron chi connectivity index (χ3n) is 3.77. The Morgan fingerprint density at radius 1 is 1.27 bits per heavy atom. The molecule has 1 aliphatic rings. The predicted octanol–water partition coefficient (Wildman–Crippen LogP) is 2.59. The Hall–Kier alpha value is -2.15. The van der Waals surface area contributed by atoms with Gasteiger partial charge >= 0.3 is 6.18 Å². The van der Waals surface area contributed by atoms with E-state index >= 15 is 0 Å². The molecule has 2 aromatic rings. The third-order valence-corrected chi connectivity index (χ3v) is 3.77. The van der Waals surface area contributed by atoms with E-state index in [1.54, 1.807) is 0 Å². The van der Waals surface area contributed by atoms with Crippen molar-refractivity contribution >= 4 is 0 Å². The molecule has 1 aliphatic carbocycles. The van der Waals surface area contributed by atoms with Gasteiger partial charge in [0.05, 0.1) is 16.9 Å². The Bertz CT molecular complexity index is 767. The van der Waals surface area contributed by atoms with Gasteiger partial charge in [0.25, 0.3) is 5.56 Å². The number of rotatable bonds is 1. The second kappa shape index (κ2) is 5.24. The first-order valence-corrected chi connectivity index (χ1v) is 6.92. The maximum absolute atomic E-state index is 12.8. The number of aryl methyl sites for hydroxylation is 1. The zero-order valence-corrected chi connectivity index (χ0v) is 11.6. The predicted molar refractivity (Wildman–Crippen MR) is 74.7 cm³/mol. The summed E-state index contributed by atoms with van der Waals surface area (Å²) in [6.07, 6.45) is -2.12. The molecule has 1 heterocycles. The molecule has 0 saturated carbocycles. The highest BCUT2D eigenvalue weighted by molar-refractivity contribution is 5.37. The number of hydrogen-bond donors (Lipinski definition) is 1. The van der Waals surface area contributed by atoms with Gasteiger partial charge in [-0.1, -0.05) is 6.07 Å². The number of aromatic nitrogens is 2. The van der Waals surface area contributed by atoms with Gasteiger partial charge in [0, 0.05) is 12.1 Å². The fourth-order valence-corrected chi connectivity index (χ4v) is 2.67. The van der Waals surface area contributed by atoms with Crippen LogP contribution in [0.2, 0.25) is 0 Å². The molecule has 22 heavy (non-hydrogen) atoms. The summed E-state index contributed by atoms with van der Waals surface area (Å²) < 4.78 is 39.4. The molecule has 0 spiro atoms. The van der Waals surface area contributed by atoms with E-state index in [4.69, 9.17) is 5.73 Å². The number of halogens is 3. The van der Waals surface area contributed by atoms with Crippen LogP contribution in [0.25, 0.3) is 5.69 Å². The van der Waals surface area contributed by atoms with Gasteiger partial charge in [-0.2, -0.15) is 23.0 Å². The van der Waals surface area contributed by atoms with Crippen LogP contribution in [0.5, 0.6) is 0 Å². The Labute approximate surface area is 124 Å². The van der Waals surface area contributed by atoms with Crippen LogP contribution in [-0.2, 0) is 12.6 Å². The number of nitrogens with two attached hydrogens (primary N) is 1. The summed E-state index contributed by atoms with van der Waals surface area (Å²) in [5.41, 5.74) is 6.17. The first kappa shape index (κ1) is 14.8. The van der Waals surface area contributed by atoms with Crippen LogP contribution in [0.1, 0.15) is 35.7 Å². The molecule has 7 heteroatoms. The Kier molecular flexibility index (Phi) is 3.52. The highest BCUT2D eigenvalue weighted by Gasteiger charge is 2.30. The molecular weight excluding hydrogens is 295 g/mol. The van der Waals surface area contributed by atoms with Gasteiger partial charge in [-0.3, -0.25) is 4.79 Å². The standard InChI is InChI=1S/C15H14F3N3O/c16-15(17,18)10-4-2-5-11(8-10)21-13(22)7-9-3-1-6-12(19)14(9)20-21/h2,4-5,7-8,12H,1,3,6,19H2. The zero-order chi connectivity index (χ0) is 15.9. The quantitative estimate of drug-likeness (QED) is 0.881. The van der Waals surface area contributed by atoms with Crippen molar-refractivity contribution < 1.29 is 13.2 Å². The number of alkyl halides is 3. The van der Waals surface area contributed by atoms with Gasteiger partial charge in [-0.05, 0) is 43.0 Å². The smallest absolute Gasteiger partial charge is 0.323 e. The lowest BCUT2D eigenvalue weighted by Gasteiger charge is -2.21. The number of hydrogen-bond acceptors (Lipinski definition) is 3. The molecule has 0 aliphatic heterocycles. The maximum atomic E-state index is 12.8. The van der Waals surface area contributed by atoms with Crippen LogP contribution in [-0.4, -0.2) is 9.78 Å². The van der Waals surface area contributed by atoms with E-state index in [1.807, 2.05) is 0 Å². The van der Waals surface area contributed by atoms with Crippen molar-refractivity contribution in [1.82, 2.24) is 9.78 Å². The lowest BCUT2D eigenvalue weighted by atomic mass is 9.93. The average Bonchev–Trinajstić information content (AvgIpc) is 2.46. The molecule has 0 radical (unpaired) electrons. The Balaban J connectivity index is 2.13. The van der Waals surface area contributed by atoms with Crippen LogP contribution in [0.4, 0.5) is 13.2 Å². The lowest BCUT2D eigenvalue weighted by molar-refractivity contribution is -0.137. The first-order chi connectivity index (χ1) is 10.4. The molecule has 1 atom stereocenters. The second-order valence-electron chi connectivity index (χ2n) is 5.35. The van der Waals surface area contributed by atoms with E-state index in [1.165, 1.54) is 18.2 Å². The maximum Gasteiger partial charge on any atom is 0.416 e. The summed E-state index contributed by atoms with van der Waals surface area (Å²) in [5.74, 6) is 0. The van der Waals surface area contributed by atoms with E-state index in [9.17, 15) is 18.0 Å². The van der Waals surface area contributed by atoms with Crippen molar-refractivity contribution in [2.45, 2.75) is 31.5 Å². The minimum atomic E-state index is -4.47. The summed E-state index contributed by atoms with van der Waals surface area (Å²) in [6, 6.07) is 5.67. The molecule has 3 rings (SSSR count). The Morgan fingerprint density at radius 3 is 2.77 bits per heavy atom. The van der Waals surface area contributed by atoms with Crippen molar-refractivity contribution in [2.75, 3.05) is 0 Å². The van der Waals surface area contributed by atoms with Crippen molar-refractivity contribution in [3.8, 4) is 5.69 Å². The summed E-state index contributed by atoms with van der Waals surface area (Å²) in [7, 11) is 0. The molecule has 0 amide bonds. The van der Waals surface area contributed by atoms with E-state index in [-0.39, 0.29) is 11.7 Å². The molecule has 1 aromatic carbocycles. The topological polar surface area (TPSA) is 60.9 Å². The van der Waals surface area contributed by atoms with Crippen LogP contribution < -0.4 is 11.3 Å². The number of nitrogens with zero attached hydrogens (tertiary/aromatic N) is 2. The van der Waals surface area contributed by atoms with Crippen molar-refractivity contribution in [3.63, 3.8) is 0 Å². The SMILES string of the molecule is NC1CCCc2cc(=O)n(-c3cccc(C(F)(F)F)c3)nc21. The van der Waals surface area contributed by atoms with Gasteiger partial charge in [0.2, 0.25) is 0 Å². The van der Waals surface area contributed by atoms with Gasteiger partial charge in [-0.15, -0.1) is 0 Å². The molecule has 0 bridgehead atoms. The average molecular weight is 309 g/mol. The summed E-state index contributed by atoms with van der Waals surface area (Å²) >= 11 is 0. The van der Waals surface area contributed by atoms with Gasteiger partial charge in [0.15, 0.2) is 0 Å². The molecule has 2 N–H and O–H groups in total. The summed E-state index contributed by atoms with van der Waals surface area (Å²) in [6.45, 7) is 0. The fourth-order valence-electron chi connectivity index (χ4n) is 2.67. The fraction of sp³-hybridized carbons (Fsp3) is 0.333. The molecule has 0 saturated heterocycles. The van der Waals surface area contributed by atoms with Gasteiger partial charge in [0.1, 0.15) is 0 Å². The molecule has 116 valence electrons. The zero-order valence-electron chi connectivity index (χ0n) is 11.6. The number of benzene rings is 1. The normalized spacial score (nSPS) is 18.1. The molecular formula is C15H14F3N3O. The largest absolute Gasteiger partial charge is 0.416 e. The van der Waals surface area contributed by atoms with Gasteiger partial charge < -0.3 is 5.73 Å². The minimum Gasteiger partial charge on any atom is -0.323 e. The number of fused-ring (bicyclic) bond motifs is 1. The van der Waals surface area contributed by atoms with Crippen LogP contribution in [0, 0.1) is 0 Å². The monoisotopic (exact) mass is 309 g/mol.